The molecule has 168 valence electrons. The molecule has 1 amide bonds. The molecule has 0 saturated carbocycles. The number of anilines is 1. The second-order valence-electron chi connectivity index (χ2n) is 6.58. The molecule has 0 fully saturated rings. The zero-order chi connectivity index (χ0) is 23.5. The number of ether oxygens (including phenoxy) is 1. The Morgan fingerprint density at radius 2 is 1.81 bits per heavy atom. The molecule has 3 N–H and O–H groups in total. The molecule has 3 aromatic rings. The van der Waals surface area contributed by atoms with Crippen molar-refractivity contribution in [1.29, 1.82) is 0 Å². The lowest BCUT2D eigenvalue weighted by molar-refractivity contribution is -0.137. The van der Waals surface area contributed by atoms with Gasteiger partial charge >= 0.3 is 6.18 Å². The summed E-state index contributed by atoms with van der Waals surface area (Å²) in [5.41, 5.74) is -0.468. The second kappa shape index (κ2) is 10.0. The lowest BCUT2D eigenvalue weighted by Crippen LogP contribution is -2.17. The Bertz CT molecular complexity index is 1140. The van der Waals surface area contributed by atoms with E-state index in [0.29, 0.717) is 10.8 Å². The van der Waals surface area contributed by atoms with Gasteiger partial charge in [-0.15, -0.1) is 5.14 Å². The number of halogens is 5. The molecule has 5 nitrogen and oxygen atoms in total. The van der Waals surface area contributed by atoms with Crippen molar-refractivity contribution < 1.29 is 27.3 Å². The van der Waals surface area contributed by atoms with Gasteiger partial charge in [-0.2, -0.15) is 13.2 Å². The van der Waals surface area contributed by atoms with E-state index >= 15 is 0 Å². The summed E-state index contributed by atoms with van der Waals surface area (Å²) in [7, 11) is 0. The SMILES string of the molecule is N[S+]([O-])c1cc(NC(=O)Cc2ccc(C(F)(F)F)cc2Cl)cc(Oc2cccc(Cl)c2)c1. The molecule has 0 heterocycles. The number of nitrogens with two attached hydrogens (primary N) is 1. The molecule has 3 aromatic carbocycles. The predicted octanol–water partition coefficient (Wildman–Crippen LogP) is 5.97. The van der Waals surface area contributed by atoms with E-state index < -0.39 is 29.0 Å². The van der Waals surface area contributed by atoms with Crippen LogP contribution in [0.1, 0.15) is 11.1 Å². The molecule has 3 rings (SSSR count). The Hall–Kier alpha value is -2.43. The average molecular weight is 503 g/mol. The largest absolute Gasteiger partial charge is 0.593 e. The summed E-state index contributed by atoms with van der Waals surface area (Å²) in [6.07, 6.45) is -4.82. The van der Waals surface area contributed by atoms with Gasteiger partial charge in [0.1, 0.15) is 11.5 Å². The summed E-state index contributed by atoms with van der Waals surface area (Å²) < 4.78 is 55.8. The van der Waals surface area contributed by atoms with Crippen molar-refractivity contribution in [2.24, 2.45) is 5.14 Å². The topological polar surface area (TPSA) is 87.4 Å². The molecule has 32 heavy (non-hydrogen) atoms. The van der Waals surface area contributed by atoms with Crippen LogP contribution in [0.3, 0.4) is 0 Å². The summed E-state index contributed by atoms with van der Waals surface area (Å²) in [5, 5.41) is 8.31. The first-order valence-corrected chi connectivity index (χ1v) is 10.9. The van der Waals surface area contributed by atoms with E-state index in [0.717, 1.165) is 18.2 Å². The monoisotopic (exact) mass is 502 g/mol. The maximum absolute atomic E-state index is 12.8. The number of alkyl halides is 3. The molecular formula is C21H15Cl2F3N2O3S. The Morgan fingerprint density at radius 1 is 1.06 bits per heavy atom. The first kappa shape index (κ1) is 24.2. The maximum Gasteiger partial charge on any atom is 0.416 e. The minimum absolute atomic E-state index is 0.184. The number of benzene rings is 3. The van der Waals surface area contributed by atoms with Crippen LogP contribution in [0.4, 0.5) is 18.9 Å². The highest BCUT2D eigenvalue weighted by Gasteiger charge is 2.31. The van der Waals surface area contributed by atoms with Crippen LogP contribution >= 0.6 is 23.2 Å². The fraction of sp³-hybridized carbons (Fsp3) is 0.0952. The zero-order valence-corrected chi connectivity index (χ0v) is 18.4. The molecule has 0 radical (unpaired) electrons. The van der Waals surface area contributed by atoms with E-state index in [2.05, 4.69) is 5.32 Å². The average Bonchev–Trinajstić information content (AvgIpc) is 2.68. The van der Waals surface area contributed by atoms with Gasteiger partial charge in [-0.3, -0.25) is 4.79 Å². The van der Waals surface area contributed by atoms with Crippen LogP contribution in [0, 0.1) is 0 Å². The van der Waals surface area contributed by atoms with Gasteiger partial charge in [0.2, 0.25) is 5.91 Å². The van der Waals surface area contributed by atoms with E-state index in [-0.39, 0.29) is 33.3 Å². The van der Waals surface area contributed by atoms with Gasteiger partial charge in [0.05, 0.1) is 23.3 Å². The van der Waals surface area contributed by atoms with Crippen LogP contribution in [0.15, 0.2) is 65.6 Å². The van der Waals surface area contributed by atoms with E-state index in [1.807, 2.05) is 0 Å². The van der Waals surface area contributed by atoms with Gasteiger partial charge < -0.3 is 14.6 Å². The van der Waals surface area contributed by atoms with E-state index in [1.165, 1.54) is 18.2 Å². The number of nitrogens with one attached hydrogen (secondary N) is 1. The number of carbonyl (C=O) groups is 1. The third-order valence-electron chi connectivity index (χ3n) is 4.16. The highest BCUT2D eigenvalue weighted by molar-refractivity contribution is 7.89. The third kappa shape index (κ3) is 6.54. The van der Waals surface area contributed by atoms with E-state index in [4.69, 9.17) is 33.1 Å². The van der Waals surface area contributed by atoms with Crippen molar-refractivity contribution in [3.05, 3.63) is 81.8 Å². The summed E-state index contributed by atoms with van der Waals surface area (Å²) in [4.78, 5) is 12.6. The van der Waals surface area contributed by atoms with Crippen molar-refractivity contribution in [2.45, 2.75) is 17.5 Å². The Labute approximate surface area is 194 Å². The minimum Gasteiger partial charge on any atom is -0.593 e. The molecule has 0 saturated heterocycles. The van der Waals surface area contributed by atoms with Crippen LogP contribution < -0.4 is 15.2 Å². The van der Waals surface area contributed by atoms with Crippen molar-refractivity contribution in [3.8, 4) is 11.5 Å². The first-order chi connectivity index (χ1) is 15.0. The van der Waals surface area contributed by atoms with Crippen LogP contribution in [0.2, 0.25) is 10.0 Å². The number of hydrogen-bond acceptors (Lipinski definition) is 4. The molecule has 0 bridgehead atoms. The molecule has 0 aliphatic heterocycles. The number of amides is 1. The third-order valence-corrected chi connectivity index (χ3v) is 5.45. The van der Waals surface area contributed by atoms with Crippen molar-refractivity contribution in [1.82, 2.24) is 0 Å². The van der Waals surface area contributed by atoms with Gasteiger partial charge in [0.15, 0.2) is 4.90 Å². The fourth-order valence-electron chi connectivity index (χ4n) is 2.73. The molecule has 11 heteroatoms. The normalized spacial score (nSPS) is 12.3. The van der Waals surface area contributed by atoms with Gasteiger partial charge in [0.25, 0.3) is 0 Å². The van der Waals surface area contributed by atoms with Gasteiger partial charge in [-0.25, -0.2) is 0 Å². The van der Waals surface area contributed by atoms with Crippen molar-refractivity contribution >= 4 is 46.2 Å². The Morgan fingerprint density at radius 3 is 2.44 bits per heavy atom. The van der Waals surface area contributed by atoms with Crippen LogP contribution in [0.5, 0.6) is 11.5 Å². The van der Waals surface area contributed by atoms with E-state index in [1.54, 1.807) is 24.3 Å². The van der Waals surface area contributed by atoms with Crippen LogP contribution in [-0.4, -0.2) is 10.5 Å². The maximum atomic E-state index is 12.8. The first-order valence-electron chi connectivity index (χ1n) is 8.91. The number of carbonyl (C=O) groups excluding carboxylic acids is 1. The summed E-state index contributed by atoms with van der Waals surface area (Å²) in [6.45, 7) is 0. The Balaban J connectivity index is 1.78. The standard InChI is InChI=1S/C21H15Cl2F3N2O3S/c22-14-2-1-3-16(8-14)31-17-9-15(10-18(11-17)32(27)30)28-20(29)6-12-4-5-13(7-19(12)23)21(24,25)26/h1-5,7-11H,6,27H2,(H,28,29). The molecule has 0 aliphatic rings. The molecule has 1 unspecified atom stereocenters. The molecule has 0 aliphatic carbocycles. The van der Waals surface area contributed by atoms with Gasteiger partial charge in [0, 0.05) is 33.9 Å². The summed E-state index contributed by atoms with van der Waals surface area (Å²) in [6, 6.07) is 13.6. The van der Waals surface area contributed by atoms with Crippen LogP contribution in [0.25, 0.3) is 0 Å². The zero-order valence-electron chi connectivity index (χ0n) is 16.1. The molecule has 1 atom stereocenters. The molecule has 0 aromatic heterocycles. The molecule has 0 spiro atoms. The second-order valence-corrected chi connectivity index (χ2v) is 8.49. The Kier molecular flexibility index (Phi) is 7.58. The summed E-state index contributed by atoms with van der Waals surface area (Å²) >= 11 is 9.98. The van der Waals surface area contributed by atoms with Gasteiger partial charge in [-0.05, 0) is 35.9 Å². The smallest absolute Gasteiger partial charge is 0.416 e. The van der Waals surface area contributed by atoms with Gasteiger partial charge in [-0.1, -0.05) is 35.3 Å². The fourth-order valence-corrected chi connectivity index (χ4v) is 3.63. The summed E-state index contributed by atoms with van der Waals surface area (Å²) in [5.74, 6) is 0.0954. The van der Waals surface area contributed by atoms with Crippen molar-refractivity contribution in [2.75, 3.05) is 5.32 Å². The predicted molar refractivity (Wildman–Crippen MR) is 117 cm³/mol. The highest BCUT2D eigenvalue weighted by atomic mass is 35.5. The number of rotatable bonds is 6. The van der Waals surface area contributed by atoms with Crippen molar-refractivity contribution in [3.63, 3.8) is 0 Å². The van der Waals surface area contributed by atoms with E-state index in [9.17, 15) is 22.5 Å². The van der Waals surface area contributed by atoms with Crippen LogP contribution in [-0.2, 0) is 28.8 Å². The lowest BCUT2D eigenvalue weighted by Gasteiger charge is -2.13. The quantitative estimate of drug-likeness (QED) is 0.406. The number of hydrogen-bond donors (Lipinski definition) is 2. The minimum atomic E-state index is -4.54. The lowest BCUT2D eigenvalue weighted by atomic mass is 10.1. The molecular weight excluding hydrogens is 488 g/mol. The highest BCUT2D eigenvalue weighted by Crippen LogP contribution is 2.33.